The Morgan fingerprint density at radius 2 is 1.69 bits per heavy atom. The highest BCUT2D eigenvalue weighted by molar-refractivity contribution is 6.51. The maximum absolute atomic E-state index is 13.3. The summed E-state index contributed by atoms with van der Waals surface area (Å²) >= 11 is 0. The van der Waals surface area contributed by atoms with E-state index in [-0.39, 0.29) is 17.1 Å². The molecule has 1 aliphatic heterocycles. The first-order valence-corrected chi connectivity index (χ1v) is 11.5. The highest BCUT2D eigenvalue weighted by atomic mass is 16.5. The summed E-state index contributed by atoms with van der Waals surface area (Å²) in [6, 6.07) is 18.5. The van der Waals surface area contributed by atoms with Gasteiger partial charge in [-0.2, -0.15) is 0 Å². The van der Waals surface area contributed by atoms with Gasteiger partial charge < -0.3 is 9.84 Å². The quantitative estimate of drug-likeness (QED) is 0.177. The number of hydrogen-bond donors (Lipinski definition) is 1. The molecule has 1 aliphatic rings. The van der Waals surface area contributed by atoms with Gasteiger partial charge in [0.2, 0.25) is 0 Å². The number of anilines is 1. The summed E-state index contributed by atoms with van der Waals surface area (Å²) in [4.78, 5) is 39.6. The monoisotopic (exact) mass is 469 g/mol. The Kier molecular flexibility index (Phi) is 6.56. The van der Waals surface area contributed by atoms with Crippen molar-refractivity contribution in [2.45, 2.75) is 40.2 Å². The number of rotatable bonds is 5. The number of aryl methyl sites for hydroxylation is 3. The zero-order chi connectivity index (χ0) is 25.3. The summed E-state index contributed by atoms with van der Waals surface area (Å²) < 4.78 is 5.24. The Bertz CT molecular complexity index is 1350. The molecule has 0 saturated carbocycles. The first-order valence-electron chi connectivity index (χ1n) is 11.5. The Balaban J connectivity index is 1.93. The predicted molar refractivity (Wildman–Crippen MR) is 134 cm³/mol. The molecule has 6 nitrogen and oxygen atoms in total. The molecule has 0 spiro atoms. The molecule has 1 fully saturated rings. The van der Waals surface area contributed by atoms with Gasteiger partial charge in [-0.25, -0.2) is 0 Å². The van der Waals surface area contributed by atoms with Gasteiger partial charge in [0, 0.05) is 18.2 Å². The van der Waals surface area contributed by atoms with E-state index >= 15 is 0 Å². The van der Waals surface area contributed by atoms with Crippen molar-refractivity contribution in [3.63, 3.8) is 0 Å². The van der Waals surface area contributed by atoms with Crippen LogP contribution in [0.5, 0.6) is 5.75 Å². The molecule has 4 rings (SSSR count). The summed E-state index contributed by atoms with van der Waals surface area (Å²) in [5.74, 6) is -1.96. The van der Waals surface area contributed by atoms with Crippen LogP contribution in [0.25, 0.3) is 5.76 Å². The molecular weight excluding hydrogens is 442 g/mol. The molecule has 1 N–H and O–H groups in total. The molecule has 3 aromatic rings. The van der Waals surface area contributed by atoms with E-state index in [0.29, 0.717) is 16.8 Å². The van der Waals surface area contributed by atoms with E-state index in [9.17, 15) is 19.5 Å². The number of hydrogen-bond acceptors (Lipinski definition) is 5. The lowest BCUT2D eigenvalue weighted by molar-refractivity contribution is -0.132. The van der Waals surface area contributed by atoms with Crippen LogP contribution in [0.1, 0.15) is 47.7 Å². The SMILES string of the molecule is CCc1ccc(N2C(=O)C(=O)/C(=C(\O)c3ccc(C)c(C)c3)C2c2cccc(OC(C)=O)c2)cc1. The number of ketones is 1. The average Bonchev–Trinajstić information content (AvgIpc) is 3.10. The van der Waals surface area contributed by atoms with E-state index in [1.807, 2.05) is 39.0 Å². The van der Waals surface area contributed by atoms with Gasteiger partial charge in [0.25, 0.3) is 11.7 Å². The Morgan fingerprint density at radius 1 is 0.971 bits per heavy atom. The number of esters is 1. The lowest BCUT2D eigenvalue weighted by Crippen LogP contribution is -2.29. The van der Waals surface area contributed by atoms with Gasteiger partial charge in [-0.1, -0.05) is 43.3 Å². The van der Waals surface area contributed by atoms with Crippen LogP contribution in [0.15, 0.2) is 72.3 Å². The number of carbonyl (C=O) groups is 3. The van der Waals surface area contributed by atoms with E-state index < -0.39 is 23.7 Å². The number of aliphatic hydroxyl groups is 1. The Labute approximate surface area is 204 Å². The van der Waals surface area contributed by atoms with Crippen molar-refractivity contribution in [2.75, 3.05) is 4.90 Å². The zero-order valence-corrected chi connectivity index (χ0v) is 20.2. The number of Topliss-reactive ketones (excluding diaryl/α,β-unsaturated/α-hetero) is 1. The third-order valence-electron chi connectivity index (χ3n) is 6.28. The van der Waals surface area contributed by atoms with E-state index in [2.05, 4.69) is 0 Å². The number of carbonyl (C=O) groups excluding carboxylic acids is 3. The van der Waals surface area contributed by atoms with E-state index in [4.69, 9.17) is 4.74 Å². The lowest BCUT2D eigenvalue weighted by atomic mass is 9.94. The minimum atomic E-state index is -0.903. The zero-order valence-electron chi connectivity index (χ0n) is 20.2. The van der Waals surface area contributed by atoms with E-state index in [1.54, 1.807) is 48.5 Å². The summed E-state index contributed by atoms with van der Waals surface area (Å²) in [5.41, 5.74) is 4.59. The molecule has 0 aliphatic carbocycles. The molecule has 178 valence electrons. The minimum Gasteiger partial charge on any atom is -0.507 e. The van der Waals surface area contributed by atoms with Crippen LogP contribution in [-0.4, -0.2) is 22.8 Å². The maximum atomic E-state index is 13.3. The van der Waals surface area contributed by atoms with E-state index in [1.165, 1.54) is 11.8 Å². The smallest absolute Gasteiger partial charge is 0.308 e. The second kappa shape index (κ2) is 9.58. The molecule has 1 amide bonds. The van der Waals surface area contributed by atoms with Gasteiger partial charge in [-0.05, 0) is 72.9 Å². The summed E-state index contributed by atoms with van der Waals surface area (Å²) in [6.45, 7) is 7.21. The Morgan fingerprint density at radius 3 is 2.31 bits per heavy atom. The summed E-state index contributed by atoms with van der Waals surface area (Å²) in [6.07, 6.45) is 0.833. The van der Waals surface area contributed by atoms with Crippen molar-refractivity contribution < 1.29 is 24.2 Å². The summed E-state index contributed by atoms with van der Waals surface area (Å²) in [7, 11) is 0. The third-order valence-corrected chi connectivity index (χ3v) is 6.28. The highest BCUT2D eigenvalue weighted by Gasteiger charge is 2.47. The van der Waals surface area contributed by atoms with Crippen LogP contribution >= 0.6 is 0 Å². The average molecular weight is 470 g/mol. The van der Waals surface area contributed by atoms with Crippen molar-refractivity contribution >= 4 is 29.1 Å². The van der Waals surface area contributed by atoms with Crippen molar-refractivity contribution in [2.24, 2.45) is 0 Å². The molecule has 1 unspecified atom stereocenters. The second-order valence-electron chi connectivity index (χ2n) is 8.65. The normalized spacial score (nSPS) is 17.0. The van der Waals surface area contributed by atoms with Gasteiger partial charge in [0.05, 0.1) is 11.6 Å². The van der Waals surface area contributed by atoms with Crippen LogP contribution in [0.4, 0.5) is 5.69 Å². The molecule has 6 heteroatoms. The molecule has 1 heterocycles. The van der Waals surface area contributed by atoms with Gasteiger partial charge in [-0.3, -0.25) is 19.3 Å². The standard InChI is InChI=1S/C29H27NO5/c1-5-20-10-13-23(14-11-20)30-26(21-7-6-8-24(16-21)35-19(4)31)25(28(33)29(30)34)27(32)22-12-9-17(2)18(3)15-22/h6-16,26,32H,5H2,1-4H3/b27-25-. The van der Waals surface area contributed by atoms with Crippen molar-refractivity contribution in [1.82, 2.24) is 0 Å². The molecule has 1 atom stereocenters. The van der Waals surface area contributed by atoms with Crippen LogP contribution in [0.3, 0.4) is 0 Å². The summed E-state index contributed by atoms with van der Waals surface area (Å²) in [5, 5.41) is 11.3. The van der Waals surface area contributed by atoms with Crippen molar-refractivity contribution in [3.8, 4) is 5.75 Å². The number of ether oxygens (including phenoxy) is 1. The van der Waals surface area contributed by atoms with Gasteiger partial charge in [0.15, 0.2) is 0 Å². The molecule has 0 aromatic heterocycles. The second-order valence-corrected chi connectivity index (χ2v) is 8.65. The van der Waals surface area contributed by atoms with E-state index in [0.717, 1.165) is 23.1 Å². The molecule has 0 radical (unpaired) electrons. The van der Waals surface area contributed by atoms with Crippen LogP contribution < -0.4 is 9.64 Å². The number of nitrogens with zero attached hydrogens (tertiary/aromatic N) is 1. The lowest BCUT2D eigenvalue weighted by Gasteiger charge is -2.26. The van der Waals surface area contributed by atoms with Gasteiger partial charge in [0.1, 0.15) is 11.5 Å². The molecule has 35 heavy (non-hydrogen) atoms. The van der Waals surface area contributed by atoms with Crippen LogP contribution in [0, 0.1) is 13.8 Å². The fourth-order valence-corrected chi connectivity index (χ4v) is 4.26. The molecule has 1 saturated heterocycles. The van der Waals surface area contributed by atoms with Crippen LogP contribution in [-0.2, 0) is 20.8 Å². The molecular formula is C29H27NO5. The fourth-order valence-electron chi connectivity index (χ4n) is 4.26. The van der Waals surface area contributed by atoms with Gasteiger partial charge >= 0.3 is 5.97 Å². The predicted octanol–water partition coefficient (Wildman–Crippen LogP) is 5.42. The number of amides is 1. The first kappa shape index (κ1) is 24.0. The minimum absolute atomic E-state index is 0.0159. The number of aliphatic hydroxyl groups excluding tert-OH is 1. The fraction of sp³-hybridized carbons (Fsp3) is 0.207. The van der Waals surface area contributed by atoms with Crippen LogP contribution in [0.2, 0.25) is 0 Å². The first-order chi connectivity index (χ1) is 16.7. The van der Waals surface area contributed by atoms with Crippen molar-refractivity contribution in [1.29, 1.82) is 0 Å². The van der Waals surface area contributed by atoms with Crippen molar-refractivity contribution in [3.05, 3.63) is 100 Å². The maximum Gasteiger partial charge on any atom is 0.308 e. The third kappa shape index (κ3) is 4.60. The molecule has 0 bridgehead atoms. The van der Waals surface area contributed by atoms with Gasteiger partial charge in [-0.15, -0.1) is 0 Å². The largest absolute Gasteiger partial charge is 0.507 e. The molecule has 3 aromatic carbocycles. The Hall–Kier alpha value is -4.19. The topological polar surface area (TPSA) is 83.9 Å². The number of benzene rings is 3. The highest BCUT2D eigenvalue weighted by Crippen LogP contribution is 2.43.